The summed E-state index contributed by atoms with van der Waals surface area (Å²) in [6, 6.07) is 2.62. The Morgan fingerprint density at radius 1 is 1.29 bits per heavy atom. The number of hydrogen-bond donors (Lipinski definition) is 1. The van der Waals surface area contributed by atoms with Gasteiger partial charge in [-0.3, -0.25) is 4.98 Å². The average molecular weight is 235 g/mol. The maximum absolute atomic E-state index is 4.27. The Balaban J connectivity index is 2.59. The summed E-state index contributed by atoms with van der Waals surface area (Å²) in [5, 5.41) is 3.38. The highest BCUT2D eigenvalue weighted by atomic mass is 15.1. The second-order valence-corrected chi connectivity index (χ2v) is 4.45. The van der Waals surface area contributed by atoms with E-state index in [0.717, 1.165) is 26.1 Å². The molecule has 0 aliphatic carbocycles. The molecule has 1 heterocycles. The average Bonchev–Trinajstić information content (AvgIpc) is 2.35. The Bertz CT molecular complexity index is 321. The number of aryl methyl sites for hydroxylation is 1. The normalized spacial score (nSPS) is 13.0. The van der Waals surface area contributed by atoms with E-state index in [9.17, 15) is 0 Å². The molecule has 1 aromatic heterocycles. The van der Waals surface area contributed by atoms with E-state index in [4.69, 9.17) is 0 Å². The molecule has 0 saturated heterocycles. The van der Waals surface area contributed by atoms with Crippen LogP contribution in [0, 0.1) is 6.92 Å². The highest BCUT2D eigenvalue weighted by Gasteiger charge is 2.11. The number of rotatable bonds is 7. The molecule has 0 spiro atoms. The van der Waals surface area contributed by atoms with E-state index in [2.05, 4.69) is 42.0 Å². The quantitative estimate of drug-likeness (QED) is 0.786. The predicted octanol–water partition coefficient (Wildman–Crippen LogP) is 2.38. The summed E-state index contributed by atoms with van der Waals surface area (Å²) in [5.74, 6) is 0. The van der Waals surface area contributed by atoms with Crippen LogP contribution in [-0.4, -0.2) is 36.6 Å². The molecule has 0 radical (unpaired) electrons. The molecule has 1 aromatic rings. The van der Waals surface area contributed by atoms with Gasteiger partial charge in [0.1, 0.15) is 0 Å². The molecule has 0 aliphatic heterocycles. The molecule has 0 amide bonds. The fourth-order valence-corrected chi connectivity index (χ4v) is 2.10. The van der Waals surface area contributed by atoms with Gasteiger partial charge in [-0.1, -0.05) is 19.9 Å². The number of nitrogens with one attached hydrogen (secondary N) is 1. The molecule has 17 heavy (non-hydrogen) atoms. The number of aromatic nitrogens is 1. The van der Waals surface area contributed by atoms with Crippen LogP contribution in [0.2, 0.25) is 0 Å². The Morgan fingerprint density at radius 3 is 2.53 bits per heavy atom. The van der Waals surface area contributed by atoms with E-state index in [1.165, 1.54) is 11.1 Å². The van der Waals surface area contributed by atoms with Crippen molar-refractivity contribution in [1.82, 2.24) is 15.2 Å². The zero-order valence-electron chi connectivity index (χ0n) is 11.5. The van der Waals surface area contributed by atoms with Gasteiger partial charge >= 0.3 is 0 Å². The van der Waals surface area contributed by atoms with Crippen LogP contribution in [0.4, 0.5) is 0 Å². The summed E-state index contributed by atoms with van der Waals surface area (Å²) in [4.78, 5) is 6.72. The summed E-state index contributed by atoms with van der Waals surface area (Å²) < 4.78 is 0. The maximum atomic E-state index is 4.27. The monoisotopic (exact) mass is 235 g/mol. The lowest BCUT2D eigenvalue weighted by Gasteiger charge is -2.22. The van der Waals surface area contributed by atoms with Crippen LogP contribution in [0.25, 0.3) is 0 Å². The minimum atomic E-state index is 0.406. The summed E-state index contributed by atoms with van der Waals surface area (Å²) in [7, 11) is 2.02. The van der Waals surface area contributed by atoms with Crippen molar-refractivity contribution in [3.63, 3.8) is 0 Å². The smallest absolute Gasteiger partial charge is 0.0345 e. The lowest BCUT2D eigenvalue weighted by molar-refractivity contribution is 0.284. The maximum Gasteiger partial charge on any atom is 0.0345 e. The molecule has 1 N–H and O–H groups in total. The van der Waals surface area contributed by atoms with Gasteiger partial charge in [-0.2, -0.15) is 0 Å². The number of pyridine rings is 1. The van der Waals surface area contributed by atoms with Crippen LogP contribution in [-0.2, 0) is 0 Å². The van der Waals surface area contributed by atoms with Gasteiger partial charge in [-0.05, 0) is 51.2 Å². The van der Waals surface area contributed by atoms with Crippen molar-refractivity contribution in [2.45, 2.75) is 33.2 Å². The van der Waals surface area contributed by atoms with Crippen molar-refractivity contribution in [2.24, 2.45) is 0 Å². The lowest BCUT2D eigenvalue weighted by atomic mass is 10.0. The molecule has 0 aliphatic rings. The molecular weight excluding hydrogens is 210 g/mol. The van der Waals surface area contributed by atoms with Crippen LogP contribution in [0.5, 0.6) is 0 Å². The predicted molar refractivity (Wildman–Crippen MR) is 73.2 cm³/mol. The van der Waals surface area contributed by atoms with Crippen LogP contribution in [0.15, 0.2) is 18.5 Å². The second kappa shape index (κ2) is 7.41. The van der Waals surface area contributed by atoms with Crippen molar-refractivity contribution in [2.75, 3.05) is 26.7 Å². The Morgan fingerprint density at radius 2 is 2.00 bits per heavy atom. The standard InChI is InChI=1S/C14H25N3/c1-5-17(6-2)8-7-14(15-4)13-9-12(3)10-16-11-13/h9-11,14-15H,5-8H2,1-4H3. The van der Waals surface area contributed by atoms with Gasteiger partial charge in [-0.25, -0.2) is 0 Å². The van der Waals surface area contributed by atoms with E-state index in [-0.39, 0.29) is 0 Å². The van der Waals surface area contributed by atoms with Crippen molar-refractivity contribution in [1.29, 1.82) is 0 Å². The van der Waals surface area contributed by atoms with Crippen LogP contribution < -0.4 is 5.32 Å². The van der Waals surface area contributed by atoms with Gasteiger partial charge in [0.05, 0.1) is 0 Å². The van der Waals surface area contributed by atoms with Crippen molar-refractivity contribution in [3.05, 3.63) is 29.6 Å². The molecular formula is C14H25N3. The first-order valence-electron chi connectivity index (χ1n) is 6.52. The highest BCUT2D eigenvalue weighted by Crippen LogP contribution is 2.16. The molecule has 1 unspecified atom stereocenters. The zero-order chi connectivity index (χ0) is 12.7. The summed E-state index contributed by atoms with van der Waals surface area (Å²) >= 11 is 0. The van der Waals surface area contributed by atoms with Crippen molar-refractivity contribution < 1.29 is 0 Å². The Labute approximate surface area is 105 Å². The molecule has 1 rings (SSSR count). The third kappa shape index (κ3) is 4.44. The molecule has 3 heteroatoms. The number of nitrogens with zero attached hydrogens (tertiary/aromatic N) is 2. The van der Waals surface area contributed by atoms with Crippen LogP contribution in [0.1, 0.15) is 37.4 Å². The topological polar surface area (TPSA) is 28.2 Å². The first-order chi connectivity index (χ1) is 8.21. The molecule has 0 aromatic carbocycles. The molecule has 0 fully saturated rings. The van der Waals surface area contributed by atoms with E-state index in [1.807, 2.05) is 19.4 Å². The van der Waals surface area contributed by atoms with Gasteiger partial charge in [0.15, 0.2) is 0 Å². The fraction of sp³-hybridized carbons (Fsp3) is 0.643. The van der Waals surface area contributed by atoms with Crippen LogP contribution in [0.3, 0.4) is 0 Å². The minimum Gasteiger partial charge on any atom is -0.313 e. The van der Waals surface area contributed by atoms with Gasteiger partial charge in [-0.15, -0.1) is 0 Å². The van der Waals surface area contributed by atoms with E-state index in [0.29, 0.717) is 6.04 Å². The SMILES string of the molecule is CCN(CC)CCC(NC)c1cncc(C)c1. The summed E-state index contributed by atoms with van der Waals surface area (Å²) in [5.41, 5.74) is 2.52. The molecule has 96 valence electrons. The third-order valence-electron chi connectivity index (χ3n) is 3.28. The highest BCUT2D eigenvalue weighted by molar-refractivity contribution is 5.20. The fourth-order valence-electron chi connectivity index (χ4n) is 2.10. The molecule has 0 bridgehead atoms. The largest absolute Gasteiger partial charge is 0.313 e. The van der Waals surface area contributed by atoms with Crippen molar-refractivity contribution >= 4 is 0 Å². The summed E-state index contributed by atoms with van der Waals surface area (Å²) in [6.45, 7) is 9.90. The van der Waals surface area contributed by atoms with Gasteiger partial charge in [0.25, 0.3) is 0 Å². The molecule has 0 saturated carbocycles. The lowest BCUT2D eigenvalue weighted by Crippen LogP contribution is -2.28. The van der Waals surface area contributed by atoms with Gasteiger partial charge < -0.3 is 10.2 Å². The Hall–Kier alpha value is -0.930. The minimum absolute atomic E-state index is 0.406. The zero-order valence-corrected chi connectivity index (χ0v) is 11.5. The Kier molecular flexibility index (Phi) is 6.16. The van der Waals surface area contributed by atoms with Crippen molar-refractivity contribution in [3.8, 4) is 0 Å². The van der Waals surface area contributed by atoms with E-state index in [1.54, 1.807) is 0 Å². The van der Waals surface area contributed by atoms with Crippen LogP contribution >= 0.6 is 0 Å². The third-order valence-corrected chi connectivity index (χ3v) is 3.28. The van der Waals surface area contributed by atoms with Gasteiger partial charge in [0.2, 0.25) is 0 Å². The molecule has 1 atom stereocenters. The second-order valence-electron chi connectivity index (χ2n) is 4.45. The molecule has 3 nitrogen and oxygen atoms in total. The first-order valence-corrected chi connectivity index (χ1v) is 6.52. The van der Waals surface area contributed by atoms with Gasteiger partial charge in [0, 0.05) is 18.4 Å². The van der Waals surface area contributed by atoms with E-state index < -0.39 is 0 Å². The number of hydrogen-bond acceptors (Lipinski definition) is 3. The first kappa shape index (κ1) is 14.1. The summed E-state index contributed by atoms with van der Waals surface area (Å²) in [6.07, 6.45) is 5.00. The van der Waals surface area contributed by atoms with E-state index >= 15 is 0 Å².